The van der Waals surface area contributed by atoms with Crippen LogP contribution in [0.15, 0.2) is 119 Å². The summed E-state index contributed by atoms with van der Waals surface area (Å²) in [5.41, 5.74) is 1.76. The Kier molecular flexibility index (Phi) is 10.7. The van der Waals surface area contributed by atoms with Gasteiger partial charge in [0.05, 0.1) is 10.6 Å². The second-order valence-corrected chi connectivity index (χ2v) is 13.9. The molecule has 234 valence electrons. The molecule has 0 radical (unpaired) electrons. The second-order valence-electron chi connectivity index (χ2n) is 11.1. The minimum absolute atomic E-state index is 0.0134. The van der Waals surface area contributed by atoms with E-state index < -0.39 is 34.3 Å². The molecular weight excluding hydrogens is 657 g/mol. The Labute approximate surface area is 272 Å². The molecule has 5 rings (SSSR count). The standard InChI is InChI=1S/C35H35BrFN3O4S/c36-28-13-9-12-27(22-28)24-39(33(23-26-10-3-1-4-11-26)35(42)38-30-14-7-8-15-30)34(41)25-40(31-20-18-29(37)19-21-31)45(43,44)32-16-5-2-6-17-32/h1-6,9-13,16-22,30,33H,7-8,14-15,23-25H2,(H,38,42)/t33-/m0/s1. The van der Waals surface area contributed by atoms with E-state index in [0.717, 1.165) is 57.7 Å². The van der Waals surface area contributed by atoms with Crippen LogP contribution in [-0.4, -0.2) is 43.8 Å². The minimum atomic E-state index is -4.24. The second kappa shape index (κ2) is 14.8. The van der Waals surface area contributed by atoms with Crippen molar-refractivity contribution < 1.29 is 22.4 Å². The number of rotatable bonds is 12. The molecule has 1 atom stereocenters. The fourth-order valence-corrected chi connectivity index (χ4v) is 7.49. The van der Waals surface area contributed by atoms with E-state index in [9.17, 15) is 22.4 Å². The lowest BCUT2D eigenvalue weighted by molar-refractivity contribution is -0.140. The lowest BCUT2D eigenvalue weighted by Crippen LogP contribution is -2.54. The zero-order valence-electron chi connectivity index (χ0n) is 24.7. The van der Waals surface area contributed by atoms with Gasteiger partial charge in [0.25, 0.3) is 10.0 Å². The highest BCUT2D eigenvalue weighted by atomic mass is 79.9. The van der Waals surface area contributed by atoms with E-state index in [0.29, 0.717) is 0 Å². The van der Waals surface area contributed by atoms with Gasteiger partial charge < -0.3 is 10.2 Å². The first kappa shape index (κ1) is 32.4. The topological polar surface area (TPSA) is 86.8 Å². The number of benzene rings is 4. The van der Waals surface area contributed by atoms with Crippen LogP contribution in [0.4, 0.5) is 10.1 Å². The van der Waals surface area contributed by atoms with Crippen molar-refractivity contribution in [3.8, 4) is 0 Å². The molecule has 45 heavy (non-hydrogen) atoms. The summed E-state index contributed by atoms with van der Waals surface area (Å²) in [5.74, 6) is -1.39. The SMILES string of the molecule is O=C(NC1CCCC1)[C@H](Cc1ccccc1)N(Cc1cccc(Br)c1)C(=O)CN(c1ccc(F)cc1)S(=O)(=O)c1ccccc1. The van der Waals surface area contributed by atoms with Crippen molar-refractivity contribution in [1.82, 2.24) is 10.2 Å². The summed E-state index contributed by atoms with van der Waals surface area (Å²) < 4.78 is 43.7. The molecule has 1 N–H and O–H groups in total. The highest BCUT2D eigenvalue weighted by Crippen LogP contribution is 2.26. The molecule has 2 amide bonds. The molecular formula is C35H35BrFN3O4S. The third kappa shape index (κ3) is 8.38. The Morgan fingerprint density at radius 3 is 2.11 bits per heavy atom. The molecule has 0 heterocycles. The molecule has 1 saturated carbocycles. The maximum Gasteiger partial charge on any atom is 0.264 e. The summed E-state index contributed by atoms with van der Waals surface area (Å²) >= 11 is 3.49. The van der Waals surface area contributed by atoms with Gasteiger partial charge in [-0.3, -0.25) is 13.9 Å². The maximum absolute atomic E-state index is 14.5. The number of nitrogens with zero attached hydrogens (tertiary/aromatic N) is 2. The van der Waals surface area contributed by atoms with Crippen molar-refractivity contribution in [1.29, 1.82) is 0 Å². The van der Waals surface area contributed by atoms with Gasteiger partial charge in [-0.2, -0.15) is 0 Å². The van der Waals surface area contributed by atoms with Crippen LogP contribution >= 0.6 is 15.9 Å². The van der Waals surface area contributed by atoms with Gasteiger partial charge in [-0.15, -0.1) is 0 Å². The summed E-state index contributed by atoms with van der Waals surface area (Å²) in [5, 5.41) is 3.16. The number of amides is 2. The van der Waals surface area contributed by atoms with Gasteiger partial charge in [-0.25, -0.2) is 12.8 Å². The number of anilines is 1. The summed E-state index contributed by atoms with van der Waals surface area (Å²) in [6.07, 6.45) is 4.03. The van der Waals surface area contributed by atoms with Crippen molar-refractivity contribution in [3.05, 3.63) is 131 Å². The van der Waals surface area contributed by atoms with Gasteiger partial charge in [0.15, 0.2) is 0 Å². The Bertz CT molecular complexity index is 1700. The first-order valence-corrected chi connectivity index (χ1v) is 17.2. The van der Waals surface area contributed by atoms with Gasteiger partial charge in [0.1, 0.15) is 18.4 Å². The van der Waals surface area contributed by atoms with Crippen LogP contribution in [0, 0.1) is 5.82 Å². The van der Waals surface area contributed by atoms with Crippen LogP contribution in [0.3, 0.4) is 0 Å². The molecule has 0 bridgehead atoms. The van der Waals surface area contributed by atoms with E-state index in [4.69, 9.17) is 0 Å². The number of hydrogen-bond acceptors (Lipinski definition) is 4. The van der Waals surface area contributed by atoms with E-state index in [1.165, 1.54) is 29.2 Å². The Morgan fingerprint density at radius 1 is 0.844 bits per heavy atom. The smallest absolute Gasteiger partial charge is 0.264 e. The number of nitrogens with one attached hydrogen (secondary N) is 1. The molecule has 7 nitrogen and oxygen atoms in total. The maximum atomic E-state index is 14.5. The normalized spacial score (nSPS) is 14.1. The van der Waals surface area contributed by atoms with Crippen molar-refractivity contribution in [2.24, 2.45) is 0 Å². The van der Waals surface area contributed by atoms with Crippen molar-refractivity contribution >= 4 is 43.5 Å². The van der Waals surface area contributed by atoms with Gasteiger partial charge >= 0.3 is 0 Å². The molecule has 4 aromatic carbocycles. The minimum Gasteiger partial charge on any atom is -0.352 e. The van der Waals surface area contributed by atoms with Crippen LogP contribution in [0.25, 0.3) is 0 Å². The first-order chi connectivity index (χ1) is 21.7. The third-order valence-corrected chi connectivity index (χ3v) is 10.2. The molecule has 0 aliphatic heterocycles. The fraction of sp³-hybridized carbons (Fsp3) is 0.257. The van der Waals surface area contributed by atoms with Gasteiger partial charge in [0, 0.05) is 23.5 Å². The molecule has 0 saturated heterocycles. The first-order valence-electron chi connectivity index (χ1n) is 14.9. The molecule has 10 heteroatoms. The fourth-order valence-electron chi connectivity index (χ4n) is 5.61. The van der Waals surface area contributed by atoms with Gasteiger partial charge in [-0.1, -0.05) is 89.4 Å². The van der Waals surface area contributed by atoms with Gasteiger partial charge in [-0.05, 0) is 72.5 Å². The number of carbonyl (C=O) groups excluding carboxylic acids is 2. The van der Waals surface area contributed by atoms with E-state index in [2.05, 4.69) is 21.2 Å². The van der Waals surface area contributed by atoms with E-state index in [1.54, 1.807) is 18.2 Å². The van der Waals surface area contributed by atoms with Crippen LogP contribution in [0.1, 0.15) is 36.8 Å². The Morgan fingerprint density at radius 2 is 1.47 bits per heavy atom. The average Bonchev–Trinajstić information content (AvgIpc) is 3.56. The lowest BCUT2D eigenvalue weighted by atomic mass is 10.0. The van der Waals surface area contributed by atoms with Crippen molar-refractivity contribution in [2.75, 3.05) is 10.8 Å². The highest BCUT2D eigenvalue weighted by molar-refractivity contribution is 9.10. The van der Waals surface area contributed by atoms with Crippen LogP contribution in [0.2, 0.25) is 0 Å². The zero-order chi connectivity index (χ0) is 31.8. The van der Waals surface area contributed by atoms with Crippen molar-refractivity contribution in [2.45, 2.75) is 55.6 Å². The summed E-state index contributed by atoms with van der Waals surface area (Å²) in [7, 11) is -4.24. The highest BCUT2D eigenvalue weighted by Gasteiger charge is 2.35. The number of hydrogen-bond donors (Lipinski definition) is 1. The Balaban J connectivity index is 1.56. The monoisotopic (exact) mass is 691 g/mol. The molecule has 0 aromatic heterocycles. The van der Waals surface area contributed by atoms with Crippen molar-refractivity contribution in [3.63, 3.8) is 0 Å². The predicted octanol–water partition coefficient (Wildman–Crippen LogP) is 6.48. The summed E-state index contributed by atoms with van der Waals surface area (Å²) in [6.45, 7) is -0.532. The number of carbonyl (C=O) groups is 2. The molecule has 0 unspecified atom stereocenters. The lowest BCUT2D eigenvalue weighted by Gasteiger charge is -2.34. The van der Waals surface area contributed by atoms with E-state index in [-0.39, 0.29) is 35.5 Å². The predicted molar refractivity (Wildman–Crippen MR) is 176 cm³/mol. The zero-order valence-corrected chi connectivity index (χ0v) is 27.1. The van der Waals surface area contributed by atoms with Crippen LogP contribution in [0.5, 0.6) is 0 Å². The summed E-state index contributed by atoms with van der Waals surface area (Å²) in [6, 6.07) is 28.7. The van der Waals surface area contributed by atoms with Crippen LogP contribution in [-0.2, 0) is 32.6 Å². The van der Waals surface area contributed by atoms with Gasteiger partial charge in [0.2, 0.25) is 11.8 Å². The summed E-state index contributed by atoms with van der Waals surface area (Å²) in [4.78, 5) is 30.0. The third-order valence-electron chi connectivity index (χ3n) is 7.94. The molecule has 4 aromatic rings. The average molecular weight is 693 g/mol. The Hall–Kier alpha value is -4.02. The largest absolute Gasteiger partial charge is 0.352 e. The number of sulfonamides is 1. The quantitative estimate of drug-likeness (QED) is 0.184. The van der Waals surface area contributed by atoms with E-state index >= 15 is 0 Å². The van der Waals surface area contributed by atoms with Crippen LogP contribution < -0.4 is 9.62 Å². The molecule has 1 fully saturated rings. The molecule has 1 aliphatic rings. The molecule has 0 spiro atoms. The molecule has 1 aliphatic carbocycles. The number of halogens is 2. The van der Waals surface area contributed by atoms with E-state index in [1.807, 2.05) is 54.6 Å².